The van der Waals surface area contributed by atoms with Gasteiger partial charge in [0.25, 0.3) is 5.56 Å². The van der Waals surface area contributed by atoms with Gasteiger partial charge in [-0.3, -0.25) is 14.2 Å². The largest absolute Gasteiger partial charge is 0.467 e. The van der Waals surface area contributed by atoms with Crippen LogP contribution in [0.3, 0.4) is 0 Å². The van der Waals surface area contributed by atoms with Crippen molar-refractivity contribution in [3.63, 3.8) is 0 Å². The number of furan rings is 1. The lowest BCUT2D eigenvalue weighted by atomic mass is 10.2. The van der Waals surface area contributed by atoms with Crippen LogP contribution in [-0.4, -0.2) is 20.0 Å². The molecule has 162 valence electrons. The zero-order valence-corrected chi connectivity index (χ0v) is 19.1. The molecule has 0 aliphatic heterocycles. The molecule has 4 rings (SSSR count). The molecule has 0 atom stereocenters. The van der Waals surface area contributed by atoms with E-state index < -0.39 is 0 Å². The second kappa shape index (κ2) is 8.85. The fraction of sp³-hybridized carbons (Fsp3) is 0.217. The molecule has 0 aliphatic carbocycles. The van der Waals surface area contributed by atoms with Crippen molar-refractivity contribution in [3.05, 3.63) is 80.3 Å². The van der Waals surface area contributed by atoms with Gasteiger partial charge in [0.05, 0.1) is 35.6 Å². The third kappa shape index (κ3) is 4.09. The average molecular weight is 494 g/mol. The van der Waals surface area contributed by atoms with Crippen molar-refractivity contribution in [2.24, 2.45) is 0 Å². The predicted molar refractivity (Wildman–Crippen MR) is 123 cm³/mol. The highest BCUT2D eigenvalue weighted by molar-refractivity contribution is 9.10. The number of benzene rings is 1. The summed E-state index contributed by atoms with van der Waals surface area (Å²) < 4.78 is 9.48. The third-order valence-corrected chi connectivity index (χ3v) is 5.95. The molecule has 3 heterocycles. The number of carbonyl (C=O) groups excluding carboxylic acids is 1. The number of carbonyl (C=O) groups is 1. The Morgan fingerprint density at radius 2 is 2.12 bits per heavy atom. The summed E-state index contributed by atoms with van der Waals surface area (Å²) in [6, 6.07) is 11.1. The number of rotatable bonds is 6. The number of anilines is 1. The number of aryl methyl sites for hydroxylation is 1. The zero-order chi connectivity index (χ0) is 22.8. The maximum absolute atomic E-state index is 12.8. The fourth-order valence-corrected chi connectivity index (χ4v) is 3.95. The Balaban J connectivity index is 1.55. The minimum Gasteiger partial charge on any atom is -0.467 e. The van der Waals surface area contributed by atoms with Crippen LogP contribution in [0.4, 0.5) is 5.82 Å². The fourth-order valence-electron chi connectivity index (χ4n) is 3.59. The first-order valence-corrected chi connectivity index (χ1v) is 10.7. The van der Waals surface area contributed by atoms with Crippen molar-refractivity contribution in [1.82, 2.24) is 14.1 Å². The Kier molecular flexibility index (Phi) is 5.97. The van der Waals surface area contributed by atoms with E-state index in [2.05, 4.69) is 32.3 Å². The molecule has 0 radical (unpaired) electrons. The van der Waals surface area contributed by atoms with E-state index in [1.54, 1.807) is 24.5 Å². The van der Waals surface area contributed by atoms with Crippen LogP contribution in [0.1, 0.15) is 29.0 Å². The number of aromatic nitrogens is 3. The van der Waals surface area contributed by atoms with Crippen molar-refractivity contribution < 1.29 is 9.21 Å². The molecule has 0 aliphatic rings. The molecule has 0 fully saturated rings. The van der Waals surface area contributed by atoms with Crippen LogP contribution in [-0.2, 0) is 17.9 Å². The van der Waals surface area contributed by atoms with Crippen LogP contribution in [0, 0.1) is 25.2 Å². The lowest BCUT2D eigenvalue weighted by Crippen LogP contribution is -2.24. The van der Waals surface area contributed by atoms with Crippen molar-refractivity contribution in [1.29, 1.82) is 5.26 Å². The molecule has 32 heavy (non-hydrogen) atoms. The summed E-state index contributed by atoms with van der Waals surface area (Å²) in [5, 5.41) is 13.0. The van der Waals surface area contributed by atoms with E-state index in [9.17, 15) is 14.9 Å². The second-order valence-electron chi connectivity index (χ2n) is 7.41. The number of amides is 1. The van der Waals surface area contributed by atoms with Crippen LogP contribution in [0.25, 0.3) is 10.9 Å². The van der Waals surface area contributed by atoms with Crippen LogP contribution in [0.5, 0.6) is 0 Å². The summed E-state index contributed by atoms with van der Waals surface area (Å²) in [6.45, 7) is 4.30. The van der Waals surface area contributed by atoms with Gasteiger partial charge in [-0.25, -0.2) is 4.98 Å². The van der Waals surface area contributed by atoms with Crippen LogP contribution in [0.15, 0.2) is 56.6 Å². The van der Waals surface area contributed by atoms with Gasteiger partial charge in [-0.05, 0) is 49.7 Å². The maximum Gasteiger partial charge on any atom is 0.261 e. The molecule has 3 aromatic heterocycles. The van der Waals surface area contributed by atoms with Crippen LogP contribution < -0.4 is 10.9 Å². The normalized spacial score (nSPS) is 10.9. The summed E-state index contributed by atoms with van der Waals surface area (Å²) in [6.07, 6.45) is 3.08. The van der Waals surface area contributed by atoms with Gasteiger partial charge in [0, 0.05) is 23.1 Å². The first-order chi connectivity index (χ1) is 15.4. The number of hydrogen-bond acceptors (Lipinski definition) is 5. The molecule has 8 nitrogen and oxygen atoms in total. The molecule has 1 N–H and O–H groups in total. The summed E-state index contributed by atoms with van der Waals surface area (Å²) in [4.78, 5) is 29.8. The van der Waals surface area contributed by atoms with Crippen molar-refractivity contribution in [2.45, 2.75) is 33.4 Å². The Bertz CT molecular complexity index is 1410. The molecule has 9 heteroatoms. The molecule has 0 unspecified atom stereocenters. The number of nitriles is 1. The zero-order valence-electron chi connectivity index (χ0n) is 17.6. The van der Waals surface area contributed by atoms with E-state index >= 15 is 0 Å². The first kappa shape index (κ1) is 21.6. The van der Waals surface area contributed by atoms with Gasteiger partial charge in [-0.15, -0.1) is 0 Å². The van der Waals surface area contributed by atoms with Gasteiger partial charge in [0.15, 0.2) is 0 Å². The minimum atomic E-state index is -0.305. The molecule has 0 spiro atoms. The topological polar surface area (TPSA) is 106 Å². The van der Waals surface area contributed by atoms with Crippen molar-refractivity contribution >= 4 is 38.6 Å². The Hall–Kier alpha value is -3.64. The molecule has 0 saturated carbocycles. The van der Waals surface area contributed by atoms with E-state index in [0.29, 0.717) is 34.6 Å². The summed E-state index contributed by atoms with van der Waals surface area (Å²) in [5.74, 6) is 0.834. The average Bonchev–Trinajstić information content (AvgIpc) is 3.36. The molecule has 1 amide bonds. The van der Waals surface area contributed by atoms with E-state index in [1.807, 2.05) is 30.5 Å². The van der Waals surface area contributed by atoms with Gasteiger partial charge in [0.1, 0.15) is 17.6 Å². The minimum absolute atomic E-state index is 0.0516. The van der Waals surface area contributed by atoms with E-state index in [4.69, 9.17) is 4.42 Å². The second-order valence-corrected chi connectivity index (χ2v) is 8.33. The maximum atomic E-state index is 12.8. The van der Waals surface area contributed by atoms with Gasteiger partial charge in [-0.2, -0.15) is 5.26 Å². The highest BCUT2D eigenvalue weighted by atomic mass is 79.9. The number of halogens is 1. The van der Waals surface area contributed by atoms with Gasteiger partial charge in [-0.1, -0.05) is 15.9 Å². The number of hydrogen-bond donors (Lipinski definition) is 1. The predicted octanol–water partition coefficient (Wildman–Crippen LogP) is 4.12. The molecular weight excluding hydrogens is 474 g/mol. The summed E-state index contributed by atoms with van der Waals surface area (Å²) >= 11 is 3.36. The lowest BCUT2D eigenvalue weighted by Gasteiger charge is -2.12. The monoisotopic (exact) mass is 493 g/mol. The van der Waals surface area contributed by atoms with E-state index in [0.717, 1.165) is 15.7 Å². The van der Waals surface area contributed by atoms with Crippen molar-refractivity contribution in [2.75, 3.05) is 5.32 Å². The Morgan fingerprint density at radius 3 is 2.84 bits per heavy atom. The van der Waals surface area contributed by atoms with Crippen LogP contribution >= 0.6 is 15.9 Å². The quantitative estimate of drug-likeness (QED) is 0.434. The highest BCUT2D eigenvalue weighted by Gasteiger charge is 2.20. The smallest absolute Gasteiger partial charge is 0.261 e. The molecule has 0 bridgehead atoms. The summed E-state index contributed by atoms with van der Waals surface area (Å²) in [5.41, 5.74) is 2.47. The standard InChI is InChI=1S/C23H20BrN5O3/c1-14-15(2)29(12-17-4-3-9-32-17)22(19(14)11-25)27-21(30)7-8-28-13-26-20-6-5-16(24)10-18(20)23(28)31/h3-6,9-10,13H,7-8,12H2,1-2H3,(H,27,30). The Labute approximate surface area is 192 Å². The number of nitrogens with one attached hydrogen (secondary N) is 1. The summed E-state index contributed by atoms with van der Waals surface area (Å²) in [7, 11) is 0. The van der Waals surface area contributed by atoms with Gasteiger partial charge >= 0.3 is 0 Å². The van der Waals surface area contributed by atoms with Crippen molar-refractivity contribution in [3.8, 4) is 6.07 Å². The van der Waals surface area contributed by atoms with Gasteiger partial charge < -0.3 is 14.3 Å². The lowest BCUT2D eigenvalue weighted by molar-refractivity contribution is -0.116. The SMILES string of the molecule is Cc1c(C#N)c(NC(=O)CCn2cnc3ccc(Br)cc3c2=O)n(Cc2ccco2)c1C. The third-order valence-electron chi connectivity index (χ3n) is 5.46. The van der Waals surface area contributed by atoms with E-state index in [1.165, 1.54) is 10.9 Å². The Morgan fingerprint density at radius 1 is 1.31 bits per heavy atom. The van der Waals surface area contributed by atoms with Crippen LogP contribution in [0.2, 0.25) is 0 Å². The number of nitrogens with zero attached hydrogens (tertiary/aromatic N) is 4. The van der Waals surface area contributed by atoms with Gasteiger partial charge in [0.2, 0.25) is 5.91 Å². The number of fused-ring (bicyclic) bond motifs is 1. The molecule has 4 aromatic rings. The molecular formula is C23H20BrN5O3. The first-order valence-electron chi connectivity index (χ1n) is 9.95. The molecule has 1 aromatic carbocycles. The highest BCUT2D eigenvalue weighted by Crippen LogP contribution is 2.27. The molecule has 0 saturated heterocycles. The van der Waals surface area contributed by atoms with E-state index in [-0.39, 0.29) is 24.4 Å².